The summed E-state index contributed by atoms with van der Waals surface area (Å²) in [6.45, 7) is 4.60. The van der Waals surface area contributed by atoms with Gasteiger partial charge in [-0.1, -0.05) is 6.92 Å². The van der Waals surface area contributed by atoms with Gasteiger partial charge < -0.3 is 5.32 Å². The van der Waals surface area contributed by atoms with Crippen LogP contribution in [-0.4, -0.2) is 6.04 Å². The van der Waals surface area contributed by atoms with E-state index in [0.717, 1.165) is 12.0 Å². The number of nitrogens with one attached hydrogen (secondary N) is 1. The molecule has 0 aromatic carbocycles. The zero-order chi connectivity index (χ0) is 9.71. The van der Waals surface area contributed by atoms with Gasteiger partial charge in [0.1, 0.15) is 0 Å². The lowest BCUT2D eigenvalue weighted by Crippen LogP contribution is -2.25. The second-order valence-corrected chi connectivity index (χ2v) is 6.18. The molecule has 2 atom stereocenters. The number of aryl methyl sites for hydroxylation is 1. The molecule has 1 aromatic rings. The van der Waals surface area contributed by atoms with Gasteiger partial charge in [0.25, 0.3) is 0 Å². The van der Waals surface area contributed by atoms with E-state index in [2.05, 4.69) is 25.2 Å². The highest BCUT2D eigenvalue weighted by molar-refractivity contribution is 7.12. The summed E-state index contributed by atoms with van der Waals surface area (Å²) >= 11 is 1.99. The normalized spacial score (nSPS) is 30.7. The summed E-state index contributed by atoms with van der Waals surface area (Å²) in [5, 5.41) is 3.78. The van der Waals surface area contributed by atoms with E-state index in [4.69, 9.17) is 0 Å². The fraction of sp³-hybridized carbons (Fsp3) is 0.667. The van der Waals surface area contributed by atoms with Crippen molar-refractivity contribution in [3.05, 3.63) is 21.4 Å². The van der Waals surface area contributed by atoms with Crippen molar-refractivity contribution in [2.45, 2.75) is 45.2 Å². The van der Waals surface area contributed by atoms with E-state index in [-0.39, 0.29) is 0 Å². The molecule has 1 fully saturated rings. The van der Waals surface area contributed by atoms with Crippen LogP contribution >= 0.6 is 11.3 Å². The molecule has 1 saturated carbocycles. The lowest BCUT2D eigenvalue weighted by Gasteiger charge is -2.17. The van der Waals surface area contributed by atoms with Crippen molar-refractivity contribution in [1.29, 1.82) is 0 Å². The first-order valence-electron chi connectivity index (χ1n) is 5.59. The van der Waals surface area contributed by atoms with E-state index in [1.54, 1.807) is 10.4 Å². The highest BCUT2D eigenvalue weighted by atomic mass is 32.1. The number of rotatable bonds is 2. The van der Waals surface area contributed by atoms with Gasteiger partial charge in [0.2, 0.25) is 0 Å². The van der Waals surface area contributed by atoms with Gasteiger partial charge in [-0.2, -0.15) is 0 Å². The van der Waals surface area contributed by atoms with Crippen LogP contribution in [0.5, 0.6) is 0 Å². The second kappa shape index (κ2) is 3.07. The third-order valence-corrected chi connectivity index (χ3v) is 4.46. The Morgan fingerprint density at radius 3 is 2.93 bits per heavy atom. The fourth-order valence-electron chi connectivity index (χ4n) is 2.48. The third-order valence-electron chi connectivity index (χ3n) is 3.37. The van der Waals surface area contributed by atoms with E-state index in [0.29, 0.717) is 6.04 Å². The van der Waals surface area contributed by atoms with Crippen molar-refractivity contribution in [3.8, 4) is 0 Å². The fourth-order valence-corrected chi connectivity index (χ4v) is 3.70. The van der Waals surface area contributed by atoms with Crippen molar-refractivity contribution < 1.29 is 0 Å². The van der Waals surface area contributed by atoms with Crippen molar-refractivity contribution in [3.63, 3.8) is 0 Å². The van der Waals surface area contributed by atoms with Crippen LogP contribution < -0.4 is 5.32 Å². The highest BCUT2D eigenvalue weighted by Crippen LogP contribution is 2.42. The Morgan fingerprint density at radius 2 is 2.21 bits per heavy atom. The SMILES string of the molecule is Cc1cc2c(s1)CC(C)C2NC1CC1. The van der Waals surface area contributed by atoms with E-state index < -0.39 is 0 Å². The third kappa shape index (κ3) is 1.41. The molecular formula is C12H17NS. The van der Waals surface area contributed by atoms with Gasteiger partial charge in [-0.05, 0) is 43.7 Å². The molecule has 1 N–H and O–H groups in total. The van der Waals surface area contributed by atoms with E-state index in [1.165, 1.54) is 24.1 Å². The smallest absolute Gasteiger partial charge is 0.0362 e. The lowest BCUT2D eigenvalue weighted by atomic mass is 10.0. The van der Waals surface area contributed by atoms with E-state index in [1.807, 2.05) is 11.3 Å². The highest BCUT2D eigenvalue weighted by Gasteiger charge is 2.34. The first-order chi connectivity index (χ1) is 6.74. The monoisotopic (exact) mass is 207 g/mol. The van der Waals surface area contributed by atoms with E-state index in [9.17, 15) is 0 Å². The number of hydrogen-bond acceptors (Lipinski definition) is 2. The van der Waals surface area contributed by atoms with Crippen LogP contribution in [0, 0.1) is 12.8 Å². The Kier molecular flexibility index (Phi) is 1.96. The van der Waals surface area contributed by atoms with Crippen LogP contribution in [0.1, 0.15) is 41.1 Å². The molecule has 2 heteroatoms. The summed E-state index contributed by atoms with van der Waals surface area (Å²) in [5.74, 6) is 0.803. The van der Waals surface area contributed by atoms with Gasteiger partial charge in [0.15, 0.2) is 0 Å². The van der Waals surface area contributed by atoms with Gasteiger partial charge in [-0.25, -0.2) is 0 Å². The minimum Gasteiger partial charge on any atom is -0.307 e. The van der Waals surface area contributed by atoms with Gasteiger partial charge in [0.05, 0.1) is 0 Å². The van der Waals surface area contributed by atoms with Gasteiger partial charge in [-0.15, -0.1) is 11.3 Å². The largest absolute Gasteiger partial charge is 0.307 e. The minimum atomic E-state index is 0.655. The predicted molar refractivity (Wildman–Crippen MR) is 60.8 cm³/mol. The van der Waals surface area contributed by atoms with Gasteiger partial charge in [0, 0.05) is 21.8 Å². The number of fused-ring (bicyclic) bond motifs is 1. The Bertz CT molecular complexity index is 351. The molecule has 3 rings (SSSR count). The maximum Gasteiger partial charge on any atom is 0.0362 e. The summed E-state index contributed by atoms with van der Waals surface area (Å²) in [6.07, 6.45) is 4.07. The minimum absolute atomic E-state index is 0.655. The van der Waals surface area contributed by atoms with Crippen molar-refractivity contribution in [2.75, 3.05) is 0 Å². The second-order valence-electron chi connectivity index (χ2n) is 4.84. The van der Waals surface area contributed by atoms with Crippen LogP contribution in [0.25, 0.3) is 0 Å². The predicted octanol–water partition coefficient (Wildman–Crippen LogP) is 3.04. The quantitative estimate of drug-likeness (QED) is 0.786. The summed E-state index contributed by atoms with van der Waals surface area (Å²) in [4.78, 5) is 3.11. The average Bonchev–Trinajstić information content (AvgIpc) is 2.81. The molecule has 0 spiro atoms. The molecule has 2 aliphatic rings. The number of hydrogen-bond donors (Lipinski definition) is 1. The summed E-state index contributed by atoms with van der Waals surface area (Å²) < 4.78 is 0. The number of thiophene rings is 1. The Balaban J connectivity index is 1.87. The van der Waals surface area contributed by atoms with Crippen LogP contribution in [0.3, 0.4) is 0 Å². The summed E-state index contributed by atoms with van der Waals surface area (Å²) in [5.41, 5.74) is 1.60. The van der Waals surface area contributed by atoms with Crippen molar-refractivity contribution in [2.24, 2.45) is 5.92 Å². The first-order valence-corrected chi connectivity index (χ1v) is 6.41. The van der Waals surface area contributed by atoms with E-state index >= 15 is 0 Å². The van der Waals surface area contributed by atoms with Crippen LogP contribution in [0.15, 0.2) is 6.07 Å². The molecule has 2 unspecified atom stereocenters. The van der Waals surface area contributed by atoms with Crippen LogP contribution in [0.2, 0.25) is 0 Å². The van der Waals surface area contributed by atoms with Gasteiger partial charge >= 0.3 is 0 Å². The molecule has 0 saturated heterocycles. The molecule has 2 aliphatic carbocycles. The molecule has 0 radical (unpaired) electrons. The molecule has 0 amide bonds. The summed E-state index contributed by atoms with van der Waals surface area (Å²) in [6, 6.07) is 3.87. The molecule has 0 aliphatic heterocycles. The lowest BCUT2D eigenvalue weighted by molar-refractivity contribution is 0.414. The standard InChI is InChI=1S/C12H17NS/c1-7-5-11-10(6-8(2)14-11)12(7)13-9-3-4-9/h6-7,9,12-13H,3-5H2,1-2H3. The Morgan fingerprint density at radius 1 is 1.43 bits per heavy atom. The summed E-state index contributed by atoms with van der Waals surface area (Å²) in [7, 11) is 0. The van der Waals surface area contributed by atoms with Crippen LogP contribution in [0.4, 0.5) is 0 Å². The zero-order valence-electron chi connectivity index (χ0n) is 8.84. The first kappa shape index (κ1) is 8.93. The molecule has 1 aromatic heterocycles. The molecule has 0 bridgehead atoms. The maximum atomic E-state index is 3.78. The molecule has 76 valence electrons. The van der Waals surface area contributed by atoms with Crippen molar-refractivity contribution >= 4 is 11.3 Å². The van der Waals surface area contributed by atoms with Gasteiger partial charge in [-0.3, -0.25) is 0 Å². The van der Waals surface area contributed by atoms with Crippen molar-refractivity contribution in [1.82, 2.24) is 5.32 Å². The zero-order valence-corrected chi connectivity index (χ0v) is 9.66. The molecule has 1 heterocycles. The molecular weight excluding hydrogens is 190 g/mol. The average molecular weight is 207 g/mol. The maximum absolute atomic E-state index is 3.78. The molecule has 14 heavy (non-hydrogen) atoms. The van der Waals surface area contributed by atoms with Crippen LogP contribution in [-0.2, 0) is 6.42 Å². The Labute approximate surface area is 89.5 Å². The Hall–Kier alpha value is -0.340. The molecule has 1 nitrogen and oxygen atoms in total. The topological polar surface area (TPSA) is 12.0 Å².